The van der Waals surface area contributed by atoms with Crippen LogP contribution in [-0.2, 0) is 17.1 Å². The molecule has 0 unspecified atom stereocenters. The Kier molecular flexibility index (Phi) is 5.29. The number of ether oxygens (including phenoxy) is 1. The second-order valence-corrected chi connectivity index (χ2v) is 7.82. The number of imidazole rings is 1. The molecule has 8 heteroatoms. The van der Waals surface area contributed by atoms with Gasteiger partial charge >= 0.3 is 0 Å². The number of aromatic nitrogens is 2. The van der Waals surface area contributed by atoms with Crippen molar-refractivity contribution in [2.45, 2.75) is 17.9 Å². The van der Waals surface area contributed by atoms with E-state index in [-0.39, 0.29) is 4.90 Å². The predicted molar refractivity (Wildman–Crippen MR) is 99.5 cm³/mol. The maximum Gasteiger partial charge on any atom is 0.241 e. The lowest BCUT2D eigenvalue weighted by Gasteiger charge is -2.20. The zero-order chi connectivity index (χ0) is 19.6. The monoisotopic (exact) mass is 389 g/mol. The minimum atomic E-state index is -3.93. The summed E-state index contributed by atoms with van der Waals surface area (Å²) in [6.45, 7) is 1.55. The molecule has 0 bridgehead atoms. The molecule has 0 saturated heterocycles. The van der Waals surface area contributed by atoms with Crippen LogP contribution in [0.25, 0.3) is 0 Å². The van der Waals surface area contributed by atoms with Crippen LogP contribution in [0.15, 0.2) is 59.8 Å². The molecule has 0 radical (unpaired) electrons. The van der Waals surface area contributed by atoms with Crippen LogP contribution >= 0.6 is 0 Å². The number of hydrogen-bond donors (Lipinski definition) is 1. The number of aryl methyl sites for hydroxylation is 2. The molecular formula is C19H20FN3O3S. The van der Waals surface area contributed by atoms with E-state index in [1.165, 1.54) is 12.1 Å². The lowest BCUT2D eigenvalue weighted by atomic mass is 10.1. The number of rotatable bonds is 6. The Labute approximate surface area is 157 Å². The Morgan fingerprint density at radius 2 is 2.00 bits per heavy atom. The van der Waals surface area contributed by atoms with Gasteiger partial charge in [0.05, 0.1) is 12.0 Å². The van der Waals surface area contributed by atoms with E-state index < -0.39 is 21.9 Å². The largest absolute Gasteiger partial charge is 0.497 e. The molecule has 3 rings (SSSR count). The van der Waals surface area contributed by atoms with Crippen molar-refractivity contribution < 1.29 is 17.5 Å². The third-order valence-electron chi connectivity index (χ3n) is 4.24. The van der Waals surface area contributed by atoms with Gasteiger partial charge in [-0.3, -0.25) is 0 Å². The summed E-state index contributed by atoms with van der Waals surface area (Å²) in [6.07, 6.45) is 3.33. The maximum atomic E-state index is 13.4. The minimum Gasteiger partial charge on any atom is -0.497 e. The molecule has 1 atom stereocenters. The number of nitrogens with zero attached hydrogens (tertiary/aromatic N) is 2. The molecule has 0 aliphatic rings. The van der Waals surface area contributed by atoms with Gasteiger partial charge < -0.3 is 9.30 Å². The SMILES string of the molecule is COc1cccc([C@H](NS(=O)(=O)c2ccc(F)cc2C)c2nccn2C)c1. The van der Waals surface area contributed by atoms with Crippen LogP contribution in [0.5, 0.6) is 5.75 Å². The Bertz CT molecular complexity index is 1060. The molecule has 1 heterocycles. The summed E-state index contributed by atoms with van der Waals surface area (Å²) in [5, 5.41) is 0. The first-order valence-electron chi connectivity index (χ1n) is 8.21. The Balaban J connectivity index is 2.07. The fraction of sp³-hybridized carbons (Fsp3) is 0.211. The van der Waals surface area contributed by atoms with Gasteiger partial charge in [-0.05, 0) is 48.4 Å². The number of benzene rings is 2. The summed E-state index contributed by atoms with van der Waals surface area (Å²) in [7, 11) is -0.601. The number of sulfonamides is 1. The Morgan fingerprint density at radius 3 is 2.63 bits per heavy atom. The smallest absolute Gasteiger partial charge is 0.241 e. The molecule has 0 aliphatic heterocycles. The molecule has 1 aromatic heterocycles. The van der Waals surface area contributed by atoms with Crippen molar-refractivity contribution in [2.75, 3.05) is 7.11 Å². The molecule has 142 valence electrons. The number of halogens is 1. The maximum absolute atomic E-state index is 13.4. The molecule has 0 saturated carbocycles. The molecule has 0 fully saturated rings. The molecule has 0 amide bonds. The van der Waals surface area contributed by atoms with Gasteiger partial charge in [-0.2, -0.15) is 4.72 Å². The number of hydrogen-bond acceptors (Lipinski definition) is 4. The van der Waals surface area contributed by atoms with Gasteiger partial charge in [0.15, 0.2) is 0 Å². The molecule has 0 aliphatic carbocycles. The number of methoxy groups -OCH3 is 1. The van der Waals surface area contributed by atoms with Crippen molar-refractivity contribution in [3.8, 4) is 5.75 Å². The average molecular weight is 389 g/mol. The quantitative estimate of drug-likeness (QED) is 0.704. The lowest BCUT2D eigenvalue weighted by molar-refractivity contribution is 0.413. The van der Waals surface area contributed by atoms with Crippen molar-refractivity contribution in [2.24, 2.45) is 7.05 Å². The van der Waals surface area contributed by atoms with E-state index in [0.29, 0.717) is 22.7 Å². The van der Waals surface area contributed by atoms with Crippen LogP contribution in [0.1, 0.15) is 23.0 Å². The summed E-state index contributed by atoms with van der Waals surface area (Å²) in [5.74, 6) is 0.635. The predicted octanol–water partition coefficient (Wildman–Crippen LogP) is 2.94. The van der Waals surface area contributed by atoms with E-state index >= 15 is 0 Å². The zero-order valence-corrected chi connectivity index (χ0v) is 16.0. The van der Waals surface area contributed by atoms with Gasteiger partial charge in [0, 0.05) is 19.4 Å². The van der Waals surface area contributed by atoms with Crippen LogP contribution in [0, 0.1) is 12.7 Å². The van der Waals surface area contributed by atoms with E-state index in [4.69, 9.17) is 4.74 Å². The Morgan fingerprint density at radius 1 is 1.22 bits per heavy atom. The highest BCUT2D eigenvalue weighted by Gasteiger charge is 2.27. The second-order valence-electron chi connectivity index (χ2n) is 6.14. The normalized spacial score (nSPS) is 12.7. The fourth-order valence-electron chi connectivity index (χ4n) is 2.88. The molecule has 6 nitrogen and oxygen atoms in total. The molecule has 27 heavy (non-hydrogen) atoms. The third kappa shape index (κ3) is 4.01. The highest BCUT2D eigenvalue weighted by atomic mass is 32.2. The highest BCUT2D eigenvalue weighted by molar-refractivity contribution is 7.89. The van der Waals surface area contributed by atoms with E-state index in [1.807, 2.05) is 0 Å². The first-order chi connectivity index (χ1) is 12.8. The van der Waals surface area contributed by atoms with Gasteiger partial charge in [-0.1, -0.05) is 12.1 Å². The molecule has 1 N–H and O–H groups in total. The van der Waals surface area contributed by atoms with Gasteiger partial charge in [-0.25, -0.2) is 17.8 Å². The molecule has 2 aromatic carbocycles. The van der Waals surface area contributed by atoms with Gasteiger partial charge in [0.1, 0.15) is 23.4 Å². The fourth-order valence-corrected chi connectivity index (χ4v) is 4.29. The van der Waals surface area contributed by atoms with Crippen LogP contribution in [0.3, 0.4) is 0 Å². The second kappa shape index (κ2) is 7.50. The van der Waals surface area contributed by atoms with Crippen LogP contribution < -0.4 is 9.46 Å². The molecule has 0 spiro atoms. The van der Waals surface area contributed by atoms with Crippen LogP contribution in [0.2, 0.25) is 0 Å². The lowest BCUT2D eigenvalue weighted by Crippen LogP contribution is -2.31. The van der Waals surface area contributed by atoms with Crippen molar-refractivity contribution in [1.29, 1.82) is 0 Å². The molecular weight excluding hydrogens is 369 g/mol. The van der Waals surface area contributed by atoms with Crippen molar-refractivity contribution >= 4 is 10.0 Å². The van der Waals surface area contributed by atoms with Crippen molar-refractivity contribution in [3.05, 3.63) is 77.6 Å². The number of nitrogens with one attached hydrogen (secondary N) is 1. The van der Waals surface area contributed by atoms with E-state index in [0.717, 1.165) is 6.07 Å². The van der Waals surface area contributed by atoms with Gasteiger partial charge in [0.25, 0.3) is 0 Å². The van der Waals surface area contributed by atoms with Crippen LogP contribution in [0.4, 0.5) is 4.39 Å². The topological polar surface area (TPSA) is 73.2 Å². The summed E-state index contributed by atoms with van der Waals surface area (Å²) in [4.78, 5) is 4.32. The van der Waals surface area contributed by atoms with Gasteiger partial charge in [0.2, 0.25) is 10.0 Å². The zero-order valence-electron chi connectivity index (χ0n) is 15.2. The summed E-state index contributed by atoms with van der Waals surface area (Å²) >= 11 is 0. The average Bonchev–Trinajstić information content (AvgIpc) is 3.05. The van der Waals surface area contributed by atoms with Crippen molar-refractivity contribution in [1.82, 2.24) is 14.3 Å². The summed E-state index contributed by atoms with van der Waals surface area (Å²) in [5.41, 5.74) is 0.999. The van der Waals surface area contributed by atoms with E-state index in [2.05, 4.69) is 9.71 Å². The first kappa shape index (κ1) is 19.1. The standard InChI is InChI=1S/C19H20FN3O3S/c1-13-11-15(20)7-8-17(13)27(24,25)22-18(19-21-9-10-23(19)2)14-5-4-6-16(12-14)26-3/h4-12,18,22H,1-3H3/t18-/m0/s1. The summed E-state index contributed by atoms with van der Waals surface area (Å²) in [6, 6.07) is 9.93. The summed E-state index contributed by atoms with van der Waals surface area (Å²) < 4.78 is 49.1. The highest BCUT2D eigenvalue weighted by Crippen LogP contribution is 2.27. The van der Waals surface area contributed by atoms with Crippen molar-refractivity contribution in [3.63, 3.8) is 0 Å². The minimum absolute atomic E-state index is 0.0194. The third-order valence-corrected chi connectivity index (χ3v) is 5.83. The van der Waals surface area contributed by atoms with E-state index in [1.54, 1.807) is 62.3 Å². The van der Waals surface area contributed by atoms with Gasteiger partial charge in [-0.15, -0.1) is 0 Å². The first-order valence-corrected chi connectivity index (χ1v) is 9.70. The Hall–Kier alpha value is -2.71. The van der Waals surface area contributed by atoms with Crippen LogP contribution in [-0.4, -0.2) is 25.1 Å². The molecule has 3 aromatic rings. The van der Waals surface area contributed by atoms with E-state index in [9.17, 15) is 12.8 Å².